The number of amides is 2. The van der Waals surface area contributed by atoms with Gasteiger partial charge in [0.15, 0.2) is 23.0 Å². The quantitative estimate of drug-likeness (QED) is 0.424. The lowest BCUT2D eigenvalue weighted by atomic mass is 9.94. The molecule has 2 aromatic carbocycles. The number of nitrogens with one attached hydrogen (secondary N) is 1. The summed E-state index contributed by atoms with van der Waals surface area (Å²) in [5.41, 5.74) is 1.38. The molecule has 40 heavy (non-hydrogen) atoms. The molecule has 1 aliphatic heterocycles. The molecular formula is C31H35N3O6. The number of hydrogen-bond acceptors (Lipinski definition) is 7. The van der Waals surface area contributed by atoms with Crippen LogP contribution in [0.2, 0.25) is 0 Å². The maximum absolute atomic E-state index is 14.3. The Kier molecular flexibility index (Phi) is 8.68. The van der Waals surface area contributed by atoms with E-state index in [0.29, 0.717) is 28.6 Å². The molecule has 0 saturated heterocycles. The summed E-state index contributed by atoms with van der Waals surface area (Å²) in [6.07, 6.45) is 7.56. The average Bonchev–Trinajstić information content (AvgIpc) is 3.01. The summed E-state index contributed by atoms with van der Waals surface area (Å²) in [5.74, 6) is 1.45. The molecule has 1 aromatic heterocycles. The lowest BCUT2D eigenvalue weighted by Gasteiger charge is -2.36. The fourth-order valence-corrected chi connectivity index (χ4v) is 5.33. The number of rotatable bonds is 9. The standard InChI is InChI=1S/C31H35N3O6/c1-37-24-15-14-22(17-27(24)38-2)29(30(35)33-23-10-4-3-5-11-23)34(19-21-9-8-16-32-18-21)31(36)28-20-39-25-12-6-7-13-26(25)40-28/h6-9,12-18,23,28-29H,3-5,10-11,19-20H2,1-2H3,(H,33,35)/t28-,29-/m0/s1. The second kappa shape index (κ2) is 12.7. The van der Waals surface area contributed by atoms with Crippen molar-refractivity contribution in [3.63, 3.8) is 0 Å². The molecule has 2 amide bonds. The van der Waals surface area contributed by atoms with E-state index >= 15 is 0 Å². The van der Waals surface area contributed by atoms with Gasteiger partial charge in [0.1, 0.15) is 12.6 Å². The average molecular weight is 546 g/mol. The van der Waals surface area contributed by atoms with E-state index in [1.165, 1.54) is 0 Å². The molecule has 9 heteroatoms. The fraction of sp³-hybridized carbons (Fsp3) is 0.387. The van der Waals surface area contributed by atoms with Gasteiger partial charge in [0.05, 0.1) is 14.2 Å². The van der Waals surface area contributed by atoms with E-state index in [4.69, 9.17) is 18.9 Å². The Morgan fingerprint density at radius 3 is 2.50 bits per heavy atom. The third-order valence-corrected chi connectivity index (χ3v) is 7.38. The first-order chi connectivity index (χ1) is 19.6. The smallest absolute Gasteiger partial charge is 0.268 e. The van der Waals surface area contributed by atoms with Crippen molar-refractivity contribution in [1.29, 1.82) is 0 Å². The van der Waals surface area contributed by atoms with Gasteiger partial charge < -0.3 is 29.2 Å². The lowest BCUT2D eigenvalue weighted by molar-refractivity contribution is -0.149. The summed E-state index contributed by atoms with van der Waals surface area (Å²) in [6.45, 7) is 0.174. The molecule has 0 radical (unpaired) electrons. The van der Waals surface area contributed by atoms with Gasteiger partial charge in [-0.3, -0.25) is 14.6 Å². The van der Waals surface area contributed by atoms with Crippen molar-refractivity contribution >= 4 is 11.8 Å². The fourth-order valence-electron chi connectivity index (χ4n) is 5.33. The molecule has 2 atom stereocenters. The number of benzene rings is 2. The van der Waals surface area contributed by atoms with Crippen molar-refractivity contribution in [3.05, 3.63) is 78.1 Å². The molecule has 0 bridgehead atoms. The van der Waals surface area contributed by atoms with E-state index < -0.39 is 12.1 Å². The molecule has 1 saturated carbocycles. The minimum atomic E-state index is -0.963. The van der Waals surface area contributed by atoms with E-state index in [0.717, 1.165) is 37.7 Å². The lowest BCUT2D eigenvalue weighted by Crippen LogP contribution is -2.52. The second-order valence-corrected chi connectivity index (χ2v) is 10.1. The van der Waals surface area contributed by atoms with Crippen LogP contribution in [0.5, 0.6) is 23.0 Å². The number of nitrogens with zero attached hydrogens (tertiary/aromatic N) is 2. The first kappa shape index (κ1) is 27.3. The maximum atomic E-state index is 14.3. The zero-order valence-electron chi connectivity index (χ0n) is 22.9. The van der Waals surface area contributed by atoms with E-state index in [2.05, 4.69) is 10.3 Å². The Labute approximate surface area is 234 Å². The van der Waals surface area contributed by atoms with Crippen LogP contribution in [0.25, 0.3) is 0 Å². The Hall–Kier alpha value is -4.27. The highest BCUT2D eigenvalue weighted by molar-refractivity contribution is 5.91. The Bertz CT molecular complexity index is 1310. The zero-order chi connectivity index (χ0) is 27.9. The molecular weight excluding hydrogens is 510 g/mol. The summed E-state index contributed by atoms with van der Waals surface area (Å²) >= 11 is 0. The van der Waals surface area contributed by atoms with Crippen LogP contribution < -0.4 is 24.3 Å². The zero-order valence-corrected chi connectivity index (χ0v) is 22.9. The number of para-hydroxylation sites is 2. The van der Waals surface area contributed by atoms with Gasteiger partial charge >= 0.3 is 0 Å². The highest BCUT2D eigenvalue weighted by Crippen LogP contribution is 2.36. The van der Waals surface area contributed by atoms with Gasteiger partial charge in [0.2, 0.25) is 12.0 Å². The molecule has 1 fully saturated rings. The molecule has 2 aliphatic rings. The van der Waals surface area contributed by atoms with E-state index in [1.54, 1.807) is 61.8 Å². The molecule has 0 spiro atoms. The summed E-state index contributed by atoms with van der Waals surface area (Å²) in [4.78, 5) is 34.2. The van der Waals surface area contributed by atoms with Crippen molar-refractivity contribution in [2.75, 3.05) is 20.8 Å². The van der Waals surface area contributed by atoms with Crippen LogP contribution in [0, 0.1) is 0 Å². The predicted octanol–water partition coefficient (Wildman–Crippen LogP) is 4.46. The van der Waals surface area contributed by atoms with E-state index in [1.807, 2.05) is 24.3 Å². The van der Waals surface area contributed by atoms with Gasteiger partial charge in [-0.25, -0.2) is 0 Å². The van der Waals surface area contributed by atoms with Crippen LogP contribution in [0.15, 0.2) is 67.0 Å². The second-order valence-electron chi connectivity index (χ2n) is 10.1. The molecule has 1 aliphatic carbocycles. The molecule has 0 unspecified atom stereocenters. The van der Waals surface area contributed by atoms with E-state index in [-0.39, 0.29) is 31.0 Å². The van der Waals surface area contributed by atoms with Crippen molar-refractivity contribution < 1.29 is 28.5 Å². The molecule has 5 rings (SSSR count). The van der Waals surface area contributed by atoms with Crippen LogP contribution in [0.3, 0.4) is 0 Å². The molecule has 210 valence electrons. The third-order valence-electron chi connectivity index (χ3n) is 7.38. The van der Waals surface area contributed by atoms with Gasteiger partial charge in [-0.15, -0.1) is 0 Å². The number of fused-ring (bicyclic) bond motifs is 1. The summed E-state index contributed by atoms with van der Waals surface area (Å²) < 4.78 is 23.0. The first-order valence-electron chi connectivity index (χ1n) is 13.7. The molecule has 3 aromatic rings. The summed E-state index contributed by atoms with van der Waals surface area (Å²) in [6, 6.07) is 15.3. The van der Waals surface area contributed by atoms with Gasteiger partial charge in [-0.1, -0.05) is 43.5 Å². The molecule has 2 heterocycles. The third kappa shape index (κ3) is 6.14. The number of carbonyl (C=O) groups is 2. The maximum Gasteiger partial charge on any atom is 0.268 e. The minimum Gasteiger partial charge on any atom is -0.493 e. The minimum absolute atomic E-state index is 0.0300. The number of methoxy groups -OCH3 is 2. The van der Waals surface area contributed by atoms with Crippen molar-refractivity contribution in [3.8, 4) is 23.0 Å². The Morgan fingerprint density at radius 2 is 1.77 bits per heavy atom. The van der Waals surface area contributed by atoms with Gasteiger partial charge in [-0.2, -0.15) is 0 Å². The monoisotopic (exact) mass is 545 g/mol. The van der Waals surface area contributed by atoms with Crippen LogP contribution in [-0.4, -0.2) is 54.7 Å². The predicted molar refractivity (Wildman–Crippen MR) is 148 cm³/mol. The van der Waals surface area contributed by atoms with E-state index in [9.17, 15) is 9.59 Å². The largest absolute Gasteiger partial charge is 0.493 e. The van der Waals surface area contributed by atoms with Gasteiger partial charge in [-0.05, 0) is 54.3 Å². The highest BCUT2D eigenvalue weighted by Gasteiger charge is 2.39. The van der Waals surface area contributed by atoms with Crippen molar-refractivity contribution in [2.45, 2.75) is 56.8 Å². The van der Waals surface area contributed by atoms with Gasteiger partial charge in [0, 0.05) is 25.0 Å². The van der Waals surface area contributed by atoms with Crippen LogP contribution >= 0.6 is 0 Å². The molecule has 1 N–H and O–H groups in total. The van der Waals surface area contributed by atoms with Crippen molar-refractivity contribution in [1.82, 2.24) is 15.2 Å². The number of ether oxygens (including phenoxy) is 4. The topological polar surface area (TPSA) is 99.2 Å². The Balaban J connectivity index is 1.54. The first-order valence-corrected chi connectivity index (χ1v) is 13.7. The summed E-state index contributed by atoms with van der Waals surface area (Å²) in [7, 11) is 3.10. The van der Waals surface area contributed by atoms with Crippen LogP contribution in [-0.2, 0) is 16.1 Å². The molecule has 9 nitrogen and oxygen atoms in total. The summed E-state index contributed by atoms with van der Waals surface area (Å²) in [5, 5.41) is 3.23. The SMILES string of the molecule is COc1ccc([C@@H](C(=O)NC2CCCCC2)N(Cc2cccnc2)C(=O)[C@@H]2COc3ccccc3O2)cc1OC. The van der Waals surface area contributed by atoms with Gasteiger partial charge in [0.25, 0.3) is 5.91 Å². The van der Waals surface area contributed by atoms with Crippen molar-refractivity contribution in [2.24, 2.45) is 0 Å². The normalized spacial score (nSPS) is 17.4. The highest BCUT2D eigenvalue weighted by atomic mass is 16.6. The Morgan fingerprint density at radius 1 is 1.00 bits per heavy atom. The number of aromatic nitrogens is 1. The van der Waals surface area contributed by atoms with Crippen LogP contribution in [0.1, 0.15) is 49.3 Å². The number of carbonyl (C=O) groups excluding carboxylic acids is 2. The number of hydrogen-bond donors (Lipinski definition) is 1. The van der Waals surface area contributed by atoms with Crippen LogP contribution in [0.4, 0.5) is 0 Å². The number of pyridine rings is 1.